The van der Waals surface area contributed by atoms with Crippen LogP contribution in [-0.4, -0.2) is 27.9 Å². The average Bonchev–Trinajstić information content (AvgIpc) is 3.16. The SMILES string of the molecule is CCOc1cc(-c2nnc(C3CC3)o2)ccc1C(=O)O. The van der Waals surface area contributed by atoms with Crippen molar-refractivity contribution >= 4 is 5.97 Å². The van der Waals surface area contributed by atoms with Crippen LogP contribution in [0.2, 0.25) is 0 Å². The summed E-state index contributed by atoms with van der Waals surface area (Å²) in [5.74, 6) is 0.721. The molecule has 1 aliphatic rings. The molecule has 0 bridgehead atoms. The number of carboxylic acid groups (broad SMARTS) is 1. The molecule has 0 amide bonds. The van der Waals surface area contributed by atoms with Crippen LogP contribution in [0.4, 0.5) is 0 Å². The highest BCUT2D eigenvalue weighted by Crippen LogP contribution is 2.40. The van der Waals surface area contributed by atoms with E-state index in [0.717, 1.165) is 12.8 Å². The summed E-state index contributed by atoms with van der Waals surface area (Å²) in [5, 5.41) is 17.1. The second-order valence-corrected chi connectivity index (χ2v) is 4.67. The highest BCUT2D eigenvalue weighted by Gasteiger charge is 2.29. The molecule has 0 radical (unpaired) electrons. The Labute approximate surface area is 115 Å². The van der Waals surface area contributed by atoms with Gasteiger partial charge in [-0.25, -0.2) is 4.79 Å². The Hall–Kier alpha value is -2.37. The van der Waals surface area contributed by atoms with Crippen LogP contribution in [0.25, 0.3) is 11.5 Å². The Balaban J connectivity index is 1.95. The van der Waals surface area contributed by atoms with E-state index in [2.05, 4.69) is 10.2 Å². The van der Waals surface area contributed by atoms with Crippen LogP contribution in [0, 0.1) is 0 Å². The van der Waals surface area contributed by atoms with Crippen molar-refractivity contribution in [3.63, 3.8) is 0 Å². The molecule has 6 heteroatoms. The van der Waals surface area contributed by atoms with Gasteiger partial charge in [0.2, 0.25) is 11.8 Å². The fourth-order valence-corrected chi connectivity index (χ4v) is 1.95. The van der Waals surface area contributed by atoms with Gasteiger partial charge in [0, 0.05) is 11.5 Å². The van der Waals surface area contributed by atoms with Gasteiger partial charge >= 0.3 is 5.97 Å². The van der Waals surface area contributed by atoms with E-state index in [1.807, 2.05) is 0 Å². The van der Waals surface area contributed by atoms with E-state index in [1.165, 1.54) is 6.07 Å². The summed E-state index contributed by atoms with van der Waals surface area (Å²) in [6.07, 6.45) is 2.17. The van der Waals surface area contributed by atoms with Crippen molar-refractivity contribution in [2.75, 3.05) is 6.61 Å². The van der Waals surface area contributed by atoms with Gasteiger partial charge in [-0.1, -0.05) is 0 Å². The van der Waals surface area contributed by atoms with Gasteiger partial charge in [0.25, 0.3) is 0 Å². The average molecular weight is 274 g/mol. The topological polar surface area (TPSA) is 85.5 Å². The number of aromatic nitrogens is 2. The van der Waals surface area contributed by atoms with Gasteiger partial charge in [0.15, 0.2) is 0 Å². The van der Waals surface area contributed by atoms with E-state index in [1.54, 1.807) is 19.1 Å². The van der Waals surface area contributed by atoms with Crippen LogP contribution in [-0.2, 0) is 0 Å². The molecule has 1 N–H and O–H groups in total. The number of carbonyl (C=O) groups is 1. The van der Waals surface area contributed by atoms with E-state index < -0.39 is 5.97 Å². The zero-order valence-corrected chi connectivity index (χ0v) is 11.0. The zero-order valence-electron chi connectivity index (χ0n) is 11.0. The number of hydrogen-bond acceptors (Lipinski definition) is 5. The number of ether oxygens (including phenoxy) is 1. The number of hydrogen-bond donors (Lipinski definition) is 1. The predicted octanol–water partition coefficient (Wildman–Crippen LogP) is 2.71. The molecule has 104 valence electrons. The highest BCUT2D eigenvalue weighted by atomic mass is 16.5. The van der Waals surface area contributed by atoms with Crippen molar-refractivity contribution in [2.45, 2.75) is 25.7 Å². The molecule has 1 saturated carbocycles. The molecule has 0 unspecified atom stereocenters. The molecule has 0 spiro atoms. The summed E-state index contributed by atoms with van der Waals surface area (Å²) in [6.45, 7) is 2.19. The number of nitrogens with zero attached hydrogens (tertiary/aromatic N) is 2. The lowest BCUT2D eigenvalue weighted by Gasteiger charge is -2.07. The van der Waals surface area contributed by atoms with Gasteiger partial charge < -0.3 is 14.3 Å². The Morgan fingerprint density at radius 1 is 1.45 bits per heavy atom. The van der Waals surface area contributed by atoms with Gasteiger partial charge in [-0.3, -0.25) is 0 Å². The predicted molar refractivity (Wildman–Crippen MR) is 69.8 cm³/mol. The summed E-state index contributed by atoms with van der Waals surface area (Å²) in [4.78, 5) is 11.1. The summed E-state index contributed by atoms with van der Waals surface area (Å²) < 4.78 is 11.0. The number of benzene rings is 1. The van der Waals surface area contributed by atoms with Crippen molar-refractivity contribution in [3.8, 4) is 17.2 Å². The maximum absolute atomic E-state index is 11.1. The maximum atomic E-state index is 11.1. The first-order valence-corrected chi connectivity index (χ1v) is 6.53. The van der Waals surface area contributed by atoms with Gasteiger partial charge in [-0.15, -0.1) is 10.2 Å². The van der Waals surface area contributed by atoms with Crippen LogP contribution in [0.3, 0.4) is 0 Å². The molecule has 0 atom stereocenters. The minimum Gasteiger partial charge on any atom is -0.493 e. The monoisotopic (exact) mass is 274 g/mol. The van der Waals surface area contributed by atoms with Crippen LogP contribution in [0.15, 0.2) is 22.6 Å². The second-order valence-electron chi connectivity index (χ2n) is 4.67. The summed E-state index contributed by atoms with van der Waals surface area (Å²) in [5.41, 5.74) is 0.787. The van der Waals surface area contributed by atoms with Crippen molar-refractivity contribution in [1.29, 1.82) is 0 Å². The number of aromatic carboxylic acids is 1. The minimum absolute atomic E-state index is 0.123. The smallest absolute Gasteiger partial charge is 0.339 e. The van der Waals surface area contributed by atoms with Crippen molar-refractivity contribution in [1.82, 2.24) is 10.2 Å². The fourth-order valence-electron chi connectivity index (χ4n) is 1.95. The van der Waals surface area contributed by atoms with Crippen LogP contribution in [0.5, 0.6) is 5.75 Å². The molecular formula is C14H14N2O4. The lowest BCUT2D eigenvalue weighted by Crippen LogP contribution is -2.02. The lowest BCUT2D eigenvalue weighted by molar-refractivity contribution is 0.0692. The maximum Gasteiger partial charge on any atom is 0.339 e. The zero-order chi connectivity index (χ0) is 14.1. The van der Waals surface area contributed by atoms with E-state index >= 15 is 0 Å². The van der Waals surface area contributed by atoms with E-state index in [9.17, 15) is 4.79 Å². The van der Waals surface area contributed by atoms with Crippen molar-refractivity contribution < 1.29 is 19.1 Å². The second kappa shape index (κ2) is 4.96. The van der Waals surface area contributed by atoms with Gasteiger partial charge in [-0.2, -0.15) is 0 Å². The molecule has 2 aromatic rings. The van der Waals surface area contributed by atoms with Gasteiger partial charge in [-0.05, 0) is 38.0 Å². The lowest BCUT2D eigenvalue weighted by atomic mass is 10.1. The minimum atomic E-state index is -1.02. The molecule has 0 aliphatic heterocycles. The van der Waals surface area contributed by atoms with Crippen LogP contribution in [0.1, 0.15) is 41.9 Å². The Morgan fingerprint density at radius 3 is 2.90 bits per heavy atom. The first-order chi connectivity index (χ1) is 9.69. The first-order valence-electron chi connectivity index (χ1n) is 6.53. The van der Waals surface area contributed by atoms with E-state index in [-0.39, 0.29) is 5.56 Å². The molecule has 1 aromatic carbocycles. The highest BCUT2D eigenvalue weighted by molar-refractivity contribution is 5.91. The van der Waals surface area contributed by atoms with E-state index in [4.69, 9.17) is 14.3 Å². The molecule has 0 saturated heterocycles. The molecule has 1 fully saturated rings. The largest absolute Gasteiger partial charge is 0.493 e. The fraction of sp³-hybridized carbons (Fsp3) is 0.357. The van der Waals surface area contributed by atoms with Crippen molar-refractivity contribution in [2.24, 2.45) is 0 Å². The van der Waals surface area contributed by atoms with Gasteiger partial charge in [0.05, 0.1) is 6.61 Å². The quantitative estimate of drug-likeness (QED) is 0.902. The van der Waals surface area contributed by atoms with Crippen LogP contribution < -0.4 is 4.74 Å². The standard InChI is InChI=1S/C14H14N2O4/c1-2-19-11-7-9(5-6-10(11)14(17)18)13-16-15-12(20-13)8-3-4-8/h5-8H,2-4H2,1H3,(H,17,18). The molecule has 1 heterocycles. The Morgan fingerprint density at radius 2 is 2.25 bits per heavy atom. The normalized spacial score (nSPS) is 14.2. The van der Waals surface area contributed by atoms with E-state index in [0.29, 0.717) is 35.6 Å². The molecule has 1 aliphatic carbocycles. The molecular weight excluding hydrogens is 260 g/mol. The third-order valence-electron chi connectivity index (χ3n) is 3.13. The Bertz CT molecular complexity index is 646. The molecule has 20 heavy (non-hydrogen) atoms. The molecule has 1 aromatic heterocycles. The number of rotatable bonds is 5. The summed E-state index contributed by atoms with van der Waals surface area (Å²) >= 11 is 0. The van der Waals surface area contributed by atoms with Crippen molar-refractivity contribution in [3.05, 3.63) is 29.7 Å². The third-order valence-corrected chi connectivity index (χ3v) is 3.13. The van der Waals surface area contributed by atoms with Crippen LogP contribution >= 0.6 is 0 Å². The van der Waals surface area contributed by atoms with Gasteiger partial charge in [0.1, 0.15) is 11.3 Å². The summed E-state index contributed by atoms with van der Waals surface area (Å²) in [6, 6.07) is 4.76. The Kier molecular flexibility index (Phi) is 3.14. The number of carboxylic acids is 1. The third kappa shape index (κ3) is 2.36. The first kappa shape index (κ1) is 12.7. The molecule has 6 nitrogen and oxygen atoms in total. The molecule has 3 rings (SSSR count). The summed E-state index contributed by atoms with van der Waals surface area (Å²) in [7, 11) is 0.